The van der Waals surface area contributed by atoms with E-state index in [4.69, 9.17) is 4.42 Å². The Kier molecular flexibility index (Phi) is 3.33. The fraction of sp³-hybridized carbons (Fsp3) is 0.154. The third-order valence-corrected chi connectivity index (χ3v) is 2.56. The highest BCUT2D eigenvalue weighted by atomic mass is 19.4. The lowest BCUT2D eigenvalue weighted by Crippen LogP contribution is -2.13. The van der Waals surface area contributed by atoms with Crippen LogP contribution in [0.2, 0.25) is 0 Å². The van der Waals surface area contributed by atoms with Gasteiger partial charge in [-0.2, -0.15) is 13.2 Å². The van der Waals surface area contributed by atoms with Crippen LogP contribution < -0.4 is 5.32 Å². The van der Waals surface area contributed by atoms with Crippen molar-refractivity contribution >= 4 is 11.6 Å². The van der Waals surface area contributed by atoms with Crippen molar-refractivity contribution in [3.8, 4) is 0 Å². The van der Waals surface area contributed by atoms with Crippen molar-refractivity contribution in [1.82, 2.24) is 0 Å². The molecule has 0 aliphatic heterocycles. The van der Waals surface area contributed by atoms with Gasteiger partial charge in [0.2, 0.25) is 0 Å². The average Bonchev–Trinajstić information content (AvgIpc) is 2.84. The van der Waals surface area contributed by atoms with Crippen LogP contribution in [-0.4, -0.2) is 5.91 Å². The summed E-state index contributed by atoms with van der Waals surface area (Å²) >= 11 is 0. The third-order valence-electron chi connectivity index (χ3n) is 2.56. The van der Waals surface area contributed by atoms with E-state index in [9.17, 15) is 18.0 Å². The van der Waals surface area contributed by atoms with E-state index in [2.05, 4.69) is 5.32 Å². The Morgan fingerprint density at radius 3 is 2.58 bits per heavy atom. The Labute approximate surface area is 107 Å². The molecule has 3 nitrogen and oxygen atoms in total. The standard InChI is InChI=1S/C13H10F3NO2/c1-8-4-5-9(13(14,15)16)7-10(8)17-12(18)11-3-2-6-19-11/h2-7H,1H3,(H,17,18). The molecule has 6 heteroatoms. The Balaban J connectivity index is 2.27. The maximum atomic E-state index is 12.6. The number of aryl methyl sites for hydroxylation is 1. The highest BCUT2D eigenvalue weighted by molar-refractivity contribution is 6.02. The number of furan rings is 1. The Bertz CT molecular complexity index is 588. The van der Waals surface area contributed by atoms with Gasteiger partial charge in [0.15, 0.2) is 5.76 Å². The van der Waals surface area contributed by atoms with Gasteiger partial charge in [-0.1, -0.05) is 6.07 Å². The molecule has 0 unspecified atom stereocenters. The van der Waals surface area contributed by atoms with Gasteiger partial charge in [-0.15, -0.1) is 0 Å². The lowest BCUT2D eigenvalue weighted by atomic mass is 10.1. The van der Waals surface area contributed by atoms with E-state index < -0.39 is 17.6 Å². The number of anilines is 1. The first-order chi connectivity index (χ1) is 8.88. The van der Waals surface area contributed by atoms with Crippen LogP contribution in [0.1, 0.15) is 21.7 Å². The molecule has 0 bridgehead atoms. The number of halogens is 3. The average molecular weight is 269 g/mol. The molecule has 1 aromatic carbocycles. The molecular formula is C13H10F3NO2. The number of benzene rings is 1. The van der Waals surface area contributed by atoms with E-state index in [1.165, 1.54) is 24.5 Å². The summed E-state index contributed by atoms with van der Waals surface area (Å²) in [5.41, 5.74) is -0.169. The minimum Gasteiger partial charge on any atom is -0.459 e. The maximum absolute atomic E-state index is 12.6. The number of carbonyl (C=O) groups excluding carboxylic acids is 1. The van der Waals surface area contributed by atoms with Crippen molar-refractivity contribution in [2.24, 2.45) is 0 Å². The molecule has 0 spiro atoms. The minimum absolute atomic E-state index is 0.0387. The number of hydrogen-bond acceptors (Lipinski definition) is 2. The number of carbonyl (C=O) groups is 1. The van der Waals surface area contributed by atoms with E-state index in [1.54, 1.807) is 6.92 Å². The Morgan fingerprint density at radius 2 is 2.00 bits per heavy atom. The molecule has 1 amide bonds. The topological polar surface area (TPSA) is 42.2 Å². The highest BCUT2D eigenvalue weighted by Crippen LogP contribution is 2.32. The van der Waals surface area contributed by atoms with Gasteiger partial charge in [-0.3, -0.25) is 4.79 Å². The van der Waals surface area contributed by atoms with E-state index in [0.717, 1.165) is 12.1 Å². The molecular weight excluding hydrogens is 259 g/mol. The maximum Gasteiger partial charge on any atom is 0.416 e. The normalized spacial score (nSPS) is 11.4. The van der Waals surface area contributed by atoms with Crippen LogP contribution in [0.15, 0.2) is 41.0 Å². The summed E-state index contributed by atoms with van der Waals surface area (Å²) in [4.78, 5) is 11.7. The molecule has 19 heavy (non-hydrogen) atoms. The summed E-state index contributed by atoms with van der Waals surface area (Å²) in [5.74, 6) is -0.552. The van der Waals surface area contributed by atoms with Crippen molar-refractivity contribution < 1.29 is 22.4 Å². The summed E-state index contributed by atoms with van der Waals surface area (Å²) < 4.78 is 42.6. The molecule has 0 aliphatic rings. The second kappa shape index (κ2) is 4.79. The van der Waals surface area contributed by atoms with Gasteiger partial charge in [-0.05, 0) is 36.8 Å². The number of nitrogens with one attached hydrogen (secondary N) is 1. The smallest absolute Gasteiger partial charge is 0.416 e. The highest BCUT2D eigenvalue weighted by Gasteiger charge is 2.31. The van der Waals surface area contributed by atoms with Crippen molar-refractivity contribution in [3.63, 3.8) is 0 Å². The van der Waals surface area contributed by atoms with Gasteiger partial charge in [-0.25, -0.2) is 0 Å². The van der Waals surface area contributed by atoms with E-state index in [1.807, 2.05) is 0 Å². The van der Waals surface area contributed by atoms with Gasteiger partial charge in [0.25, 0.3) is 5.91 Å². The molecule has 0 aliphatic carbocycles. The van der Waals surface area contributed by atoms with Gasteiger partial charge in [0, 0.05) is 5.69 Å². The van der Waals surface area contributed by atoms with Crippen molar-refractivity contribution in [1.29, 1.82) is 0 Å². The third kappa shape index (κ3) is 2.96. The summed E-state index contributed by atoms with van der Waals surface area (Å²) in [6.07, 6.45) is -3.13. The zero-order chi connectivity index (χ0) is 14.0. The van der Waals surface area contributed by atoms with Gasteiger partial charge < -0.3 is 9.73 Å². The Hall–Kier alpha value is -2.24. The fourth-order valence-electron chi connectivity index (χ4n) is 1.52. The van der Waals surface area contributed by atoms with Crippen LogP contribution in [0, 0.1) is 6.92 Å². The molecule has 1 N–H and O–H groups in total. The quantitative estimate of drug-likeness (QED) is 0.899. The molecule has 2 aromatic rings. The summed E-state index contributed by atoms with van der Waals surface area (Å²) in [7, 11) is 0. The first-order valence-electron chi connectivity index (χ1n) is 5.40. The Morgan fingerprint density at radius 1 is 1.26 bits per heavy atom. The molecule has 2 rings (SSSR count). The van der Waals surface area contributed by atoms with Gasteiger partial charge in [0.05, 0.1) is 11.8 Å². The first kappa shape index (κ1) is 13.2. The molecule has 1 heterocycles. The molecule has 1 aromatic heterocycles. The van der Waals surface area contributed by atoms with Crippen molar-refractivity contribution in [2.45, 2.75) is 13.1 Å². The zero-order valence-electron chi connectivity index (χ0n) is 9.91. The van der Waals surface area contributed by atoms with E-state index >= 15 is 0 Å². The van der Waals surface area contributed by atoms with Crippen LogP contribution in [0.25, 0.3) is 0 Å². The number of hydrogen-bond donors (Lipinski definition) is 1. The fourth-order valence-corrected chi connectivity index (χ4v) is 1.52. The summed E-state index contributed by atoms with van der Waals surface area (Å²) in [5, 5.41) is 2.39. The van der Waals surface area contributed by atoms with Gasteiger partial charge in [0.1, 0.15) is 0 Å². The van der Waals surface area contributed by atoms with Crippen LogP contribution in [-0.2, 0) is 6.18 Å². The van der Waals surface area contributed by atoms with E-state index in [0.29, 0.717) is 5.56 Å². The lowest BCUT2D eigenvalue weighted by Gasteiger charge is -2.11. The predicted octanol–water partition coefficient (Wildman–Crippen LogP) is 3.86. The van der Waals surface area contributed by atoms with Gasteiger partial charge >= 0.3 is 6.18 Å². The lowest BCUT2D eigenvalue weighted by molar-refractivity contribution is -0.137. The van der Waals surface area contributed by atoms with Crippen molar-refractivity contribution in [3.05, 3.63) is 53.5 Å². The molecule has 100 valence electrons. The summed E-state index contributed by atoms with van der Waals surface area (Å²) in [6, 6.07) is 6.13. The molecule has 0 fully saturated rings. The van der Waals surface area contributed by atoms with E-state index in [-0.39, 0.29) is 11.4 Å². The molecule has 0 saturated carbocycles. The second-order valence-corrected chi connectivity index (χ2v) is 3.96. The van der Waals surface area contributed by atoms with Crippen LogP contribution in [0.3, 0.4) is 0 Å². The van der Waals surface area contributed by atoms with Crippen LogP contribution >= 0.6 is 0 Å². The largest absolute Gasteiger partial charge is 0.459 e. The van der Waals surface area contributed by atoms with Crippen molar-refractivity contribution in [2.75, 3.05) is 5.32 Å². The molecule has 0 radical (unpaired) electrons. The predicted molar refractivity (Wildman–Crippen MR) is 62.8 cm³/mol. The second-order valence-electron chi connectivity index (χ2n) is 3.96. The minimum atomic E-state index is -4.45. The molecule has 0 atom stereocenters. The number of alkyl halides is 3. The van der Waals surface area contributed by atoms with Crippen LogP contribution in [0.5, 0.6) is 0 Å². The number of amides is 1. The zero-order valence-corrected chi connectivity index (χ0v) is 9.91. The summed E-state index contributed by atoms with van der Waals surface area (Å²) in [6.45, 7) is 1.61. The molecule has 0 saturated heterocycles. The SMILES string of the molecule is Cc1ccc(C(F)(F)F)cc1NC(=O)c1ccco1. The van der Waals surface area contributed by atoms with Crippen LogP contribution in [0.4, 0.5) is 18.9 Å². The monoisotopic (exact) mass is 269 g/mol. The number of rotatable bonds is 2. The first-order valence-corrected chi connectivity index (χ1v) is 5.40.